The molecule has 15 heavy (non-hydrogen) atoms. The largest absolute Gasteiger partial charge is 0.497 e. The van der Waals surface area contributed by atoms with Gasteiger partial charge in [0.05, 0.1) is 24.8 Å². The molecule has 2 rings (SSSR count). The van der Waals surface area contributed by atoms with Gasteiger partial charge in [0.1, 0.15) is 11.6 Å². The van der Waals surface area contributed by atoms with Crippen molar-refractivity contribution in [2.45, 2.75) is 6.42 Å². The van der Waals surface area contributed by atoms with Crippen molar-refractivity contribution in [1.29, 1.82) is 0 Å². The lowest BCUT2D eigenvalue weighted by Gasteiger charge is -2.01. The van der Waals surface area contributed by atoms with E-state index < -0.39 is 0 Å². The number of rotatable bonds is 3. The van der Waals surface area contributed by atoms with Crippen molar-refractivity contribution in [1.82, 2.24) is 9.55 Å². The summed E-state index contributed by atoms with van der Waals surface area (Å²) in [5.41, 5.74) is 1.96. The van der Waals surface area contributed by atoms with Crippen LogP contribution < -0.4 is 4.74 Å². The van der Waals surface area contributed by atoms with Crippen molar-refractivity contribution < 1.29 is 9.84 Å². The minimum absolute atomic E-state index is 0.119. The molecule has 1 aromatic heterocycles. The van der Waals surface area contributed by atoms with Crippen LogP contribution in [0, 0.1) is 0 Å². The molecule has 0 radical (unpaired) electrons. The Morgan fingerprint density at radius 2 is 2.27 bits per heavy atom. The fourth-order valence-corrected chi connectivity index (χ4v) is 1.67. The molecule has 0 fully saturated rings. The predicted molar refractivity (Wildman–Crippen MR) is 58.1 cm³/mol. The van der Waals surface area contributed by atoms with E-state index in [2.05, 4.69) is 4.98 Å². The molecule has 0 aliphatic heterocycles. The van der Waals surface area contributed by atoms with E-state index in [1.807, 2.05) is 29.8 Å². The predicted octanol–water partition coefficient (Wildman–Crippen LogP) is 1.12. The summed E-state index contributed by atoms with van der Waals surface area (Å²) in [5, 5.41) is 8.89. The molecule has 0 aliphatic rings. The average molecular weight is 206 g/mol. The Morgan fingerprint density at radius 1 is 1.47 bits per heavy atom. The molecule has 1 heterocycles. The lowest BCUT2D eigenvalue weighted by atomic mass is 10.3. The Labute approximate surface area is 88.1 Å². The smallest absolute Gasteiger partial charge is 0.121 e. The standard InChI is InChI=1S/C11H14N2O2/c1-13-10-7-8(15-2)3-4-9(10)12-11(13)5-6-14/h3-4,7,14H,5-6H2,1-2H3. The summed E-state index contributed by atoms with van der Waals surface area (Å²) >= 11 is 0. The Morgan fingerprint density at radius 3 is 2.93 bits per heavy atom. The summed E-state index contributed by atoms with van der Waals surface area (Å²) in [5.74, 6) is 1.71. The lowest BCUT2D eigenvalue weighted by Crippen LogP contribution is -2.00. The number of methoxy groups -OCH3 is 1. The number of fused-ring (bicyclic) bond motifs is 1. The molecule has 0 bridgehead atoms. The molecule has 1 aromatic carbocycles. The van der Waals surface area contributed by atoms with Crippen LogP contribution in [0.4, 0.5) is 0 Å². The molecule has 4 heteroatoms. The molecular weight excluding hydrogens is 192 g/mol. The number of benzene rings is 1. The normalized spacial score (nSPS) is 10.9. The zero-order chi connectivity index (χ0) is 10.8. The second kappa shape index (κ2) is 3.90. The first kappa shape index (κ1) is 9.98. The molecular formula is C11H14N2O2. The number of nitrogens with zero attached hydrogens (tertiary/aromatic N) is 2. The zero-order valence-corrected chi connectivity index (χ0v) is 8.90. The summed E-state index contributed by atoms with van der Waals surface area (Å²) in [6.45, 7) is 0.119. The average Bonchev–Trinajstić information content (AvgIpc) is 2.56. The van der Waals surface area contributed by atoms with Crippen molar-refractivity contribution in [2.75, 3.05) is 13.7 Å². The lowest BCUT2D eigenvalue weighted by molar-refractivity contribution is 0.295. The van der Waals surface area contributed by atoms with Crippen LogP contribution in [0.15, 0.2) is 18.2 Å². The van der Waals surface area contributed by atoms with E-state index in [1.165, 1.54) is 0 Å². The monoisotopic (exact) mass is 206 g/mol. The van der Waals surface area contributed by atoms with E-state index in [0.717, 1.165) is 22.6 Å². The summed E-state index contributed by atoms with van der Waals surface area (Å²) in [4.78, 5) is 4.42. The van der Waals surface area contributed by atoms with Gasteiger partial charge in [0.25, 0.3) is 0 Å². The first-order chi connectivity index (χ1) is 7.26. The third-order valence-electron chi connectivity index (χ3n) is 2.52. The molecule has 4 nitrogen and oxygen atoms in total. The van der Waals surface area contributed by atoms with Crippen molar-refractivity contribution >= 4 is 11.0 Å². The molecule has 2 aromatic rings. The van der Waals surface area contributed by atoms with Crippen molar-refractivity contribution in [3.8, 4) is 5.75 Å². The molecule has 0 spiro atoms. The van der Waals surface area contributed by atoms with Crippen molar-refractivity contribution in [3.63, 3.8) is 0 Å². The summed E-state index contributed by atoms with van der Waals surface area (Å²) < 4.78 is 7.14. The van der Waals surface area contributed by atoms with Crippen LogP contribution in [-0.2, 0) is 13.5 Å². The number of hydrogen-bond acceptors (Lipinski definition) is 3. The SMILES string of the molecule is COc1ccc2nc(CCO)n(C)c2c1. The van der Waals surface area contributed by atoms with E-state index in [-0.39, 0.29) is 6.61 Å². The van der Waals surface area contributed by atoms with Gasteiger partial charge < -0.3 is 14.4 Å². The van der Waals surface area contributed by atoms with E-state index >= 15 is 0 Å². The van der Waals surface area contributed by atoms with Gasteiger partial charge in [0, 0.05) is 19.5 Å². The van der Waals surface area contributed by atoms with Gasteiger partial charge in [-0.25, -0.2) is 4.98 Å². The first-order valence-corrected chi connectivity index (χ1v) is 4.86. The fourth-order valence-electron chi connectivity index (χ4n) is 1.67. The maximum absolute atomic E-state index is 8.89. The maximum atomic E-state index is 8.89. The first-order valence-electron chi connectivity index (χ1n) is 4.86. The van der Waals surface area contributed by atoms with E-state index in [1.54, 1.807) is 7.11 Å². The molecule has 0 unspecified atom stereocenters. The Balaban J connectivity index is 2.56. The highest BCUT2D eigenvalue weighted by molar-refractivity contribution is 5.77. The summed E-state index contributed by atoms with van der Waals surface area (Å²) in [6, 6.07) is 5.76. The minimum atomic E-state index is 0.119. The highest BCUT2D eigenvalue weighted by Crippen LogP contribution is 2.20. The number of aliphatic hydroxyl groups is 1. The van der Waals surface area contributed by atoms with E-state index in [4.69, 9.17) is 9.84 Å². The third-order valence-corrected chi connectivity index (χ3v) is 2.52. The highest BCUT2D eigenvalue weighted by atomic mass is 16.5. The van der Waals surface area contributed by atoms with Crippen LogP contribution >= 0.6 is 0 Å². The molecule has 1 N–H and O–H groups in total. The topological polar surface area (TPSA) is 47.3 Å². The van der Waals surface area contributed by atoms with Crippen LogP contribution in [0.25, 0.3) is 11.0 Å². The Hall–Kier alpha value is -1.55. The molecule has 80 valence electrons. The van der Waals surface area contributed by atoms with Crippen LogP contribution in [0.2, 0.25) is 0 Å². The highest BCUT2D eigenvalue weighted by Gasteiger charge is 2.07. The van der Waals surface area contributed by atoms with Crippen LogP contribution in [0.1, 0.15) is 5.82 Å². The van der Waals surface area contributed by atoms with Gasteiger partial charge in [-0.05, 0) is 12.1 Å². The molecule has 0 amide bonds. The zero-order valence-electron chi connectivity index (χ0n) is 8.90. The number of aryl methyl sites for hydroxylation is 1. The summed E-state index contributed by atoms with van der Waals surface area (Å²) in [7, 11) is 3.59. The summed E-state index contributed by atoms with van der Waals surface area (Å²) in [6.07, 6.45) is 0.577. The Kier molecular flexibility index (Phi) is 2.60. The van der Waals surface area contributed by atoms with Crippen molar-refractivity contribution in [3.05, 3.63) is 24.0 Å². The minimum Gasteiger partial charge on any atom is -0.497 e. The third kappa shape index (κ3) is 1.68. The van der Waals surface area contributed by atoms with Crippen molar-refractivity contribution in [2.24, 2.45) is 7.05 Å². The van der Waals surface area contributed by atoms with Gasteiger partial charge in [-0.2, -0.15) is 0 Å². The second-order valence-corrected chi connectivity index (χ2v) is 3.42. The molecule has 0 aliphatic carbocycles. The number of aromatic nitrogens is 2. The van der Waals surface area contributed by atoms with Gasteiger partial charge in [-0.1, -0.05) is 0 Å². The quantitative estimate of drug-likeness (QED) is 0.818. The van der Waals surface area contributed by atoms with E-state index in [0.29, 0.717) is 6.42 Å². The van der Waals surface area contributed by atoms with Gasteiger partial charge in [0.2, 0.25) is 0 Å². The van der Waals surface area contributed by atoms with Gasteiger partial charge in [0.15, 0.2) is 0 Å². The van der Waals surface area contributed by atoms with Gasteiger partial charge in [-0.15, -0.1) is 0 Å². The maximum Gasteiger partial charge on any atom is 0.121 e. The number of hydrogen-bond donors (Lipinski definition) is 1. The molecule has 0 saturated heterocycles. The van der Waals surface area contributed by atoms with Crippen LogP contribution in [0.3, 0.4) is 0 Å². The second-order valence-electron chi connectivity index (χ2n) is 3.42. The fraction of sp³-hybridized carbons (Fsp3) is 0.364. The number of aliphatic hydroxyl groups excluding tert-OH is 1. The van der Waals surface area contributed by atoms with Crippen LogP contribution in [0.5, 0.6) is 5.75 Å². The number of ether oxygens (including phenoxy) is 1. The molecule has 0 atom stereocenters. The van der Waals surface area contributed by atoms with E-state index in [9.17, 15) is 0 Å². The van der Waals surface area contributed by atoms with Gasteiger partial charge >= 0.3 is 0 Å². The number of imidazole rings is 1. The van der Waals surface area contributed by atoms with Gasteiger partial charge in [-0.3, -0.25) is 0 Å². The molecule has 0 saturated carbocycles. The van der Waals surface area contributed by atoms with Crippen LogP contribution in [-0.4, -0.2) is 28.4 Å². The Bertz CT molecular complexity index is 477.